The van der Waals surface area contributed by atoms with Crippen LogP contribution in [0.2, 0.25) is 0 Å². The minimum absolute atomic E-state index is 0.334. The molecule has 0 aliphatic rings. The third-order valence-electron chi connectivity index (χ3n) is 0.312. The van der Waals surface area contributed by atoms with Gasteiger partial charge in [-0.3, -0.25) is 0 Å². The van der Waals surface area contributed by atoms with Gasteiger partial charge < -0.3 is 4.79 Å². The van der Waals surface area contributed by atoms with E-state index in [1.807, 2.05) is 0 Å². The van der Waals surface area contributed by atoms with Crippen LogP contribution in [0.5, 0.6) is 0 Å². The smallest absolute Gasteiger partial charge is 0.130 e. The monoisotopic (exact) mass is 120 g/mol. The van der Waals surface area contributed by atoms with Crippen LogP contribution in [0.15, 0.2) is 11.7 Å². The highest BCUT2D eigenvalue weighted by atomic mass is 32.2. The van der Waals surface area contributed by atoms with Crippen molar-refractivity contribution in [2.24, 2.45) is 0 Å². The Balaban J connectivity index is 2.82. The number of halogens is 1. The molecule has 0 N–H and O–H groups in total. The summed E-state index contributed by atoms with van der Waals surface area (Å²) in [6.45, 7) is 0. The van der Waals surface area contributed by atoms with Gasteiger partial charge in [0.25, 0.3) is 0 Å². The Morgan fingerprint density at radius 1 is 1.71 bits per heavy atom. The third-order valence-corrected chi connectivity index (χ3v) is 0.936. The quantitative estimate of drug-likeness (QED) is 0.413. The zero-order chi connectivity index (χ0) is 5.54. The number of hydrogen-bond acceptors (Lipinski definition) is 2. The molecule has 0 aliphatic carbocycles. The molecule has 0 heterocycles. The van der Waals surface area contributed by atoms with Gasteiger partial charge in [0.15, 0.2) is 0 Å². The van der Waals surface area contributed by atoms with Gasteiger partial charge in [0.05, 0.1) is 12.1 Å². The second-order valence-corrected chi connectivity index (χ2v) is 1.70. The predicted octanol–water partition coefficient (Wildman–Crippen LogP) is 1.36. The topological polar surface area (TPSA) is 17.1 Å². The summed E-state index contributed by atoms with van der Waals surface area (Å²) in [7, 11) is 0. The van der Waals surface area contributed by atoms with Crippen LogP contribution >= 0.6 is 11.8 Å². The van der Waals surface area contributed by atoms with Gasteiger partial charge in [-0.05, 0) is 5.41 Å². The Morgan fingerprint density at radius 3 is 2.86 bits per heavy atom. The molecule has 0 spiro atoms. The molecule has 0 bridgehead atoms. The number of carbonyl (C=O) groups is 1. The van der Waals surface area contributed by atoms with Crippen LogP contribution in [0.25, 0.3) is 0 Å². The predicted molar refractivity (Wildman–Crippen MR) is 28.8 cm³/mol. The molecule has 0 aromatic heterocycles. The largest absolute Gasteiger partial charge is 0.302 e. The third kappa shape index (κ3) is 5.69. The first kappa shape index (κ1) is 6.69. The summed E-state index contributed by atoms with van der Waals surface area (Å²) in [4.78, 5) is 9.50. The summed E-state index contributed by atoms with van der Waals surface area (Å²) in [6.07, 6.45) is 1.14. The number of hydrogen-bond donors (Lipinski definition) is 0. The summed E-state index contributed by atoms with van der Waals surface area (Å²) in [5.74, 6) is 0.334. The first-order valence-corrected chi connectivity index (χ1v) is 2.77. The molecule has 3 heteroatoms. The van der Waals surface area contributed by atoms with Crippen molar-refractivity contribution in [2.75, 3.05) is 5.75 Å². The molecule has 0 aromatic carbocycles. The molecule has 0 fully saturated rings. The summed E-state index contributed by atoms with van der Waals surface area (Å²) in [5, 5.41) is 1.23. The Kier molecular flexibility index (Phi) is 5.44. The van der Waals surface area contributed by atoms with Gasteiger partial charge >= 0.3 is 0 Å². The number of thioether (sulfide) groups is 1. The normalized spacial score (nSPS) is 9.86. The minimum atomic E-state index is 0.334. The van der Waals surface area contributed by atoms with Crippen molar-refractivity contribution < 1.29 is 9.18 Å². The van der Waals surface area contributed by atoms with Crippen LogP contribution in [-0.4, -0.2) is 12.0 Å². The van der Waals surface area contributed by atoms with E-state index in [9.17, 15) is 9.18 Å². The molecule has 7 heavy (non-hydrogen) atoms. The standard InChI is InChI=1S/C4H5FOS/c5-1-3-7-4-2-6/h1-3H,4H2/b3-1+. The van der Waals surface area contributed by atoms with Crippen LogP contribution in [0.4, 0.5) is 4.39 Å². The van der Waals surface area contributed by atoms with E-state index >= 15 is 0 Å². The maximum Gasteiger partial charge on any atom is 0.130 e. The van der Waals surface area contributed by atoms with E-state index in [2.05, 4.69) is 0 Å². The lowest BCUT2D eigenvalue weighted by molar-refractivity contribution is -0.105. The van der Waals surface area contributed by atoms with Crippen molar-refractivity contribution in [1.82, 2.24) is 0 Å². The van der Waals surface area contributed by atoms with Gasteiger partial charge in [-0.2, -0.15) is 0 Å². The van der Waals surface area contributed by atoms with E-state index < -0.39 is 0 Å². The molecule has 0 unspecified atom stereocenters. The van der Waals surface area contributed by atoms with E-state index in [0.29, 0.717) is 12.1 Å². The molecule has 1 nitrogen and oxygen atoms in total. The lowest BCUT2D eigenvalue weighted by Crippen LogP contribution is -1.70. The van der Waals surface area contributed by atoms with Crippen molar-refractivity contribution in [3.05, 3.63) is 11.7 Å². The summed E-state index contributed by atoms with van der Waals surface area (Å²) < 4.78 is 11.0. The molecule has 40 valence electrons. The first-order valence-electron chi connectivity index (χ1n) is 1.72. The number of aldehydes is 1. The second-order valence-electron chi connectivity index (χ2n) is 0.762. The maximum atomic E-state index is 11.0. The van der Waals surface area contributed by atoms with Gasteiger partial charge in [0, 0.05) is 0 Å². The molecule has 0 aromatic rings. The summed E-state index contributed by atoms with van der Waals surface area (Å²) in [5.41, 5.74) is 0. The van der Waals surface area contributed by atoms with E-state index in [0.717, 1.165) is 18.0 Å². The average Bonchev–Trinajstić information content (AvgIpc) is 1.69. The van der Waals surface area contributed by atoms with Crippen LogP contribution in [-0.2, 0) is 4.79 Å². The Morgan fingerprint density at radius 2 is 2.43 bits per heavy atom. The highest BCUT2D eigenvalue weighted by Gasteiger charge is 1.73. The molecule has 0 aliphatic heterocycles. The molecule has 0 amide bonds. The number of carbonyl (C=O) groups excluding carboxylic acids is 1. The molecule has 0 saturated carbocycles. The highest BCUT2D eigenvalue weighted by molar-refractivity contribution is 8.02. The lowest BCUT2D eigenvalue weighted by Gasteiger charge is -1.75. The zero-order valence-corrected chi connectivity index (χ0v) is 4.45. The van der Waals surface area contributed by atoms with E-state index in [1.165, 1.54) is 5.41 Å². The fourth-order valence-electron chi connectivity index (χ4n) is 0.131. The average molecular weight is 120 g/mol. The summed E-state index contributed by atoms with van der Waals surface area (Å²) in [6, 6.07) is 0. The molecule has 0 rings (SSSR count). The molecular weight excluding hydrogens is 115 g/mol. The Hall–Kier alpha value is -0.310. The van der Waals surface area contributed by atoms with Crippen LogP contribution < -0.4 is 0 Å². The van der Waals surface area contributed by atoms with E-state index in [-0.39, 0.29) is 0 Å². The van der Waals surface area contributed by atoms with Crippen molar-refractivity contribution in [1.29, 1.82) is 0 Å². The molecule has 0 saturated heterocycles. The SMILES string of the molecule is O=CCS/C=C/F. The molecular formula is C4H5FOS. The lowest BCUT2D eigenvalue weighted by atomic mass is 10.9. The number of rotatable bonds is 3. The van der Waals surface area contributed by atoms with Crippen molar-refractivity contribution in [3.8, 4) is 0 Å². The van der Waals surface area contributed by atoms with Crippen LogP contribution in [0, 0.1) is 0 Å². The van der Waals surface area contributed by atoms with Crippen molar-refractivity contribution in [2.45, 2.75) is 0 Å². The van der Waals surface area contributed by atoms with Crippen LogP contribution in [0.1, 0.15) is 0 Å². The Labute approximate surface area is 45.6 Å². The van der Waals surface area contributed by atoms with Gasteiger partial charge in [-0.1, -0.05) is 0 Å². The van der Waals surface area contributed by atoms with Crippen LogP contribution in [0.3, 0.4) is 0 Å². The second kappa shape index (κ2) is 5.69. The zero-order valence-electron chi connectivity index (χ0n) is 3.63. The van der Waals surface area contributed by atoms with Gasteiger partial charge in [0.2, 0.25) is 0 Å². The van der Waals surface area contributed by atoms with Gasteiger partial charge in [-0.15, -0.1) is 11.8 Å². The fraction of sp³-hybridized carbons (Fsp3) is 0.250. The summed E-state index contributed by atoms with van der Waals surface area (Å²) >= 11 is 1.13. The Bertz CT molecular complexity index is 72.1. The highest BCUT2D eigenvalue weighted by Crippen LogP contribution is 1.97. The van der Waals surface area contributed by atoms with Crippen molar-refractivity contribution in [3.63, 3.8) is 0 Å². The van der Waals surface area contributed by atoms with E-state index in [1.54, 1.807) is 0 Å². The van der Waals surface area contributed by atoms with Gasteiger partial charge in [0.1, 0.15) is 6.29 Å². The molecule has 0 radical (unpaired) electrons. The van der Waals surface area contributed by atoms with Crippen molar-refractivity contribution >= 4 is 18.0 Å². The molecule has 0 atom stereocenters. The maximum absolute atomic E-state index is 11.0. The fourth-order valence-corrected chi connectivity index (χ4v) is 0.394. The van der Waals surface area contributed by atoms with E-state index in [4.69, 9.17) is 0 Å². The first-order chi connectivity index (χ1) is 3.41. The minimum Gasteiger partial charge on any atom is -0.302 e. The van der Waals surface area contributed by atoms with Gasteiger partial charge in [-0.25, -0.2) is 4.39 Å².